The van der Waals surface area contributed by atoms with Gasteiger partial charge in [-0.15, -0.1) is 0 Å². The Morgan fingerprint density at radius 3 is 2.92 bits per heavy atom. The molecule has 1 amide bonds. The highest BCUT2D eigenvalue weighted by Gasteiger charge is 2.56. The van der Waals surface area contributed by atoms with Crippen molar-refractivity contribution in [2.75, 3.05) is 26.3 Å². The first-order chi connectivity index (χ1) is 11.4. The molecule has 7 heteroatoms. The van der Waals surface area contributed by atoms with Gasteiger partial charge in [0.15, 0.2) is 0 Å². The number of benzene rings is 1. The maximum absolute atomic E-state index is 12.7. The highest BCUT2D eigenvalue weighted by Crippen LogP contribution is 2.56. The van der Waals surface area contributed by atoms with E-state index in [1.165, 1.54) is 16.0 Å². The van der Waals surface area contributed by atoms with E-state index in [0.29, 0.717) is 11.8 Å². The quantitative estimate of drug-likeness (QED) is 0.911. The van der Waals surface area contributed by atoms with Gasteiger partial charge in [0.05, 0.1) is 19.8 Å². The lowest BCUT2D eigenvalue weighted by Gasteiger charge is -2.35. The number of nitrogens with zero attached hydrogens (tertiary/aromatic N) is 1. The molecule has 4 atom stereocenters. The summed E-state index contributed by atoms with van der Waals surface area (Å²) in [5, 5.41) is 2.95. The SMILES string of the molecule is O=C(NC1C2Cc3ccccc3C21)C1COCCN1CC(F)(F)F. The second-order valence-corrected chi connectivity index (χ2v) is 6.80. The second kappa shape index (κ2) is 5.74. The molecule has 0 bridgehead atoms. The number of carbonyl (C=O) groups excluding carboxylic acids is 1. The maximum atomic E-state index is 12.7. The Morgan fingerprint density at radius 2 is 2.12 bits per heavy atom. The Kier molecular flexibility index (Phi) is 3.80. The highest BCUT2D eigenvalue weighted by atomic mass is 19.4. The van der Waals surface area contributed by atoms with Gasteiger partial charge < -0.3 is 10.1 Å². The number of rotatable bonds is 3. The van der Waals surface area contributed by atoms with Crippen LogP contribution in [0.5, 0.6) is 0 Å². The third-order valence-corrected chi connectivity index (χ3v) is 5.27. The molecule has 0 aromatic heterocycles. The van der Waals surface area contributed by atoms with Crippen LogP contribution in [0.15, 0.2) is 24.3 Å². The molecule has 1 aliphatic heterocycles. The van der Waals surface area contributed by atoms with Crippen LogP contribution in [0.4, 0.5) is 13.2 Å². The van der Waals surface area contributed by atoms with Gasteiger partial charge in [-0.1, -0.05) is 24.3 Å². The number of amides is 1. The van der Waals surface area contributed by atoms with E-state index in [1.807, 2.05) is 12.1 Å². The minimum absolute atomic E-state index is 0.0144. The van der Waals surface area contributed by atoms with Gasteiger partial charge in [-0.05, 0) is 23.5 Å². The van der Waals surface area contributed by atoms with Crippen molar-refractivity contribution in [3.8, 4) is 0 Å². The molecule has 1 N–H and O–H groups in total. The molecule has 4 nitrogen and oxygen atoms in total. The van der Waals surface area contributed by atoms with Crippen molar-refractivity contribution in [1.82, 2.24) is 10.2 Å². The molecule has 4 unspecified atom stereocenters. The number of alkyl halides is 3. The van der Waals surface area contributed by atoms with E-state index < -0.39 is 18.8 Å². The summed E-state index contributed by atoms with van der Waals surface area (Å²) in [6.07, 6.45) is -3.38. The molecule has 3 aliphatic rings. The smallest absolute Gasteiger partial charge is 0.378 e. The molecule has 1 heterocycles. The third-order valence-electron chi connectivity index (χ3n) is 5.27. The Morgan fingerprint density at radius 1 is 1.33 bits per heavy atom. The molecule has 1 aromatic rings. The monoisotopic (exact) mass is 340 g/mol. The van der Waals surface area contributed by atoms with Gasteiger partial charge in [0.25, 0.3) is 0 Å². The first-order valence-electron chi connectivity index (χ1n) is 8.21. The van der Waals surface area contributed by atoms with Gasteiger partial charge in [-0.3, -0.25) is 9.69 Å². The summed E-state index contributed by atoms with van der Waals surface area (Å²) in [7, 11) is 0. The Labute approximate surface area is 138 Å². The van der Waals surface area contributed by atoms with Crippen LogP contribution in [0.3, 0.4) is 0 Å². The number of nitrogens with one attached hydrogen (secondary N) is 1. The molecule has 1 aromatic carbocycles. The Bertz CT molecular complexity index is 649. The molecule has 1 saturated heterocycles. The van der Waals surface area contributed by atoms with Gasteiger partial charge in [-0.2, -0.15) is 13.2 Å². The van der Waals surface area contributed by atoms with Crippen molar-refractivity contribution >= 4 is 5.91 Å². The van der Waals surface area contributed by atoms with Crippen molar-refractivity contribution in [1.29, 1.82) is 0 Å². The van der Waals surface area contributed by atoms with E-state index in [-0.39, 0.29) is 31.7 Å². The molecule has 0 spiro atoms. The minimum atomic E-state index is -4.31. The predicted molar refractivity (Wildman–Crippen MR) is 80.5 cm³/mol. The van der Waals surface area contributed by atoms with E-state index in [2.05, 4.69) is 17.4 Å². The second-order valence-electron chi connectivity index (χ2n) is 6.80. The zero-order valence-corrected chi connectivity index (χ0v) is 13.1. The van der Waals surface area contributed by atoms with Crippen LogP contribution in [0.1, 0.15) is 17.0 Å². The Hall–Kier alpha value is -1.60. The van der Waals surface area contributed by atoms with E-state index >= 15 is 0 Å². The molecular weight excluding hydrogens is 321 g/mol. The average Bonchev–Trinajstić information content (AvgIpc) is 3.03. The molecule has 24 heavy (non-hydrogen) atoms. The lowest BCUT2D eigenvalue weighted by Crippen LogP contribution is -2.56. The Balaban J connectivity index is 1.40. The van der Waals surface area contributed by atoms with Gasteiger partial charge in [0, 0.05) is 18.5 Å². The molecule has 130 valence electrons. The lowest BCUT2D eigenvalue weighted by molar-refractivity contribution is -0.166. The highest BCUT2D eigenvalue weighted by molar-refractivity contribution is 5.83. The lowest BCUT2D eigenvalue weighted by atomic mass is 10.0. The van der Waals surface area contributed by atoms with E-state index in [4.69, 9.17) is 4.74 Å². The number of fused-ring (bicyclic) bond motifs is 3. The molecular formula is C17H19F3N2O2. The summed E-state index contributed by atoms with van der Waals surface area (Å²) < 4.78 is 43.3. The average molecular weight is 340 g/mol. The topological polar surface area (TPSA) is 41.6 Å². The van der Waals surface area contributed by atoms with Crippen molar-refractivity contribution in [3.63, 3.8) is 0 Å². The van der Waals surface area contributed by atoms with Crippen molar-refractivity contribution in [2.24, 2.45) is 5.92 Å². The largest absolute Gasteiger partial charge is 0.401 e. The van der Waals surface area contributed by atoms with Gasteiger partial charge in [-0.25, -0.2) is 0 Å². The first kappa shape index (κ1) is 15.9. The number of carbonyl (C=O) groups is 1. The van der Waals surface area contributed by atoms with Crippen LogP contribution in [-0.2, 0) is 16.0 Å². The standard InChI is InChI=1S/C17H19F3N2O2/c18-17(19,20)9-22-5-6-24-8-13(22)16(23)21-15-12-7-10-3-1-2-4-11(10)14(12)15/h1-4,12-15H,5-9H2,(H,21,23). The molecule has 1 saturated carbocycles. The summed E-state index contributed by atoms with van der Waals surface area (Å²) in [5.41, 5.74) is 2.58. The van der Waals surface area contributed by atoms with Crippen LogP contribution in [-0.4, -0.2) is 55.4 Å². The molecule has 4 rings (SSSR count). The zero-order valence-electron chi connectivity index (χ0n) is 13.1. The fourth-order valence-electron chi connectivity index (χ4n) is 4.11. The number of hydrogen-bond donors (Lipinski definition) is 1. The summed E-state index contributed by atoms with van der Waals surface area (Å²) in [5.74, 6) is 0.341. The molecule has 0 radical (unpaired) electrons. The molecule has 2 aliphatic carbocycles. The van der Waals surface area contributed by atoms with E-state index in [1.54, 1.807) is 0 Å². The van der Waals surface area contributed by atoms with E-state index in [0.717, 1.165) is 6.42 Å². The predicted octanol–water partition coefficient (Wildman–Crippen LogP) is 1.70. The fraction of sp³-hybridized carbons (Fsp3) is 0.588. The number of morpholine rings is 1. The van der Waals surface area contributed by atoms with Crippen LogP contribution >= 0.6 is 0 Å². The van der Waals surface area contributed by atoms with Gasteiger partial charge in [0.2, 0.25) is 5.91 Å². The fourth-order valence-corrected chi connectivity index (χ4v) is 4.11. The van der Waals surface area contributed by atoms with Crippen LogP contribution < -0.4 is 5.32 Å². The number of halogens is 3. The normalized spacial score (nSPS) is 32.1. The van der Waals surface area contributed by atoms with Crippen molar-refractivity contribution in [3.05, 3.63) is 35.4 Å². The van der Waals surface area contributed by atoms with Crippen molar-refractivity contribution < 1.29 is 22.7 Å². The van der Waals surface area contributed by atoms with E-state index in [9.17, 15) is 18.0 Å². The molecule has 2 fully saturated rings. The summed E-state index contributed by atoms with van der Waals surface area (Å²) in [6, 6.07) is 7.34. The van der Waals surface area contributed by atoms with Gasteiger partial charge >= 0.3 is 6.18 Å². The summed E-state index contributed by atoms with van der Waals surface area (Å²) in [6.45, 7) is -0.713. The minimum Gasteiger partial charge on any atom is -0.378 e. The summed E-state index contributed by atoms with van der Waals surface area (Å²) in [4.78, 5) is 13.7. The van der Waals surface area contributed by atoms with Crippen LogP contribution in [0, 0.1) is 5.92 Å². The van der Waals surface area contributed by atoms with Crippen LogP contribution in [0.25, 0.3) is 0 Å². The van der Waals surface area contributed by atoms with Crippen LogP contribution in [0.2, 0.25) is 0 Å². The summed E-state index contributed by atoms with van der Waals surface area (Å²) >= 11 is 0. The zero-order chi connectivity index (χ0) is 16.9. The number of ether oxygens (including phenoxy) is 1. The third kappa shape index (κ3) is 2.91. The first-order valence-corrected chi connectivity index (χ1v) is 8.21. The van der Waals surface area contributed by atoms with Gasteiger partial charge in [0.1, 0.15) is 6.04 Å². The van der Waals surface area contributed by atoms with Crippen molar-refractivity contribution in [2.45, 2.75) is 30.6 Å². The number of hydrogen-bond acceptors (Lipinski definition) is 3. The maximum Gasteiger partial charge on any atom is 0.401 e.